The largest absolute Gasteiger partial charge is 0.478 e. The van der Waals surface area contributed by atoms with Gasteiger partial charge in [0.05, 0.1) is 0 Å². The molecular formula is C14H16O4S. The smallest absolute Gasteiger partial charge is 0.342 e. The monoisotopic (exact) mass is 280 g/mol. The van der Waals surface area contributed by atoms with E-state index in [0.717, 1.165) is 17.3 Å². The van der Waals surface area contributed by atoms with Crippen molar-refractivity contribution in [1.29, 1.82) is 0 Å². The molecule has 5 heteroatoms. The fourth-order valence-electron chi connectivity index (χ4n) is 1.40. The van der Waals surface area contributed by atoms with Crippen LogP contribution in [-0.4, -0.2) is 22.2 Å². The molecule has 0 amide bonds. The highest BCUT2D eigenvalue weighted by molar-refractivity contribution is 8.04. The van der Waals surface area contributed by atoms with Gasteiger partial charge < -0.3 is 10.2 Å². The van der Waals surface area contributed by atoms with Gasteiger partial charge in [0.1, 0.15) is 4.91 Å². The van der Waals surface area contributed by atoms with Gasteiger partial charge in [-0.25, -0.2) is 9.59 Å². The summed E-state index contributed by atoms with van der Waals surface area (Å²) in [6.07, 6.45) is 0.699. The van der Waals surface area contributed by atoms with Gasteiger partial charge in [-0.2, -0.15) is 0 Å². The average Bonchev–Trinajstić information content (AvgIpc) is 2.27. The molecule has 1 aromatic rings. The number of carbonyl (C=O) groups is 2. The summed E-state index contributed by atoms with van der Waals surface area (Å²) in [5.74, 6) is -2.51. The first-order chi connectivity index (χ1) is 8.70. The van der Waals surface area contributed by atoms with E-state index in [1.165, 1.54) is 0 Å². The lowest BCUT2D eigenvalue weighted by molar-refractivity contribution is -0.134. The Labute approximate surface area is 116 Å². The van der Waals surface area contributed by atoms with Crippen molar-refractivity contribution in [3.8, 4) is 0 Å². The molecule has 0 heterocycles. The van der Waals surface area contributed by atoms with Crippen molar-refractivity contribution in [2.24, 2.45) is 0 Å². The van der Waals surface area contributed by atoms with E-state index in [1.807, 2.05) is 12.1 Å². The van der Waals surface area contributed by atoms with Crippen LogP contribution in [0.5, 0.6) is 0 Å². The maximum Gasteiger partial charge on any atom is 0.342 e. The van der Waals surface area contributed by atoms with Crippen LogP contribution in [0.1, 0.15) is 26.3 Å². The first kappa shape index (κ1) is 15.3. The van der Waals surface area contributed by atoms with Crippen molar-refractivity contribution in [3.63, 3.8) is 0 Å². The van der Waals surface area contributed by atoms with Gasteiger partial charge in [0.25, 0.3) is 0 Å². The van der Waals surface area contributed by atoms with Gasteiger partial charge in [-0.05, 0) is 23.1 Å². The summed E-state index contributed by atoms with van der Waals surface area (Å²) < 4.78 is 0. The minimum absolute atomic E-state index is 0.0235. The topological polar surface area (TPSA) is 74.6 Å². The molecule has 102 valence electrons. The summed E-state index contributed by atoms with van der Waals surface area (Å²) in [6, 6.07) is 7.43. The maximum absolute atomic E-state index is 10.9. The first-order valence-electron chi connectivity index (χ1n) is 5.66. The highest BCUT2D eigenvalue weighted by atomic mass is 32.2. The maximum atomic E-state index is 10.9. The average molecular weight is 280 g/mol. The number of carboxylic acid groups (broad SMARTS) is 2. The van der Waals surface area contributed by atoms with Gasteiger partial charge in [-0.15, -0.1) is 0 Å². The van der Waals surface area contributed by atoms with Crippen molar-refractivity contribution >= 4 is 23.7 Å². The Hall–Kier alpha value is -1.75. The zero-order valence-electron chi connectivity index (χ0n) is 11.0. The number of hydrogen-bond acceptors (Lipinski definition) is 3. The van der Waals surface area contributed by atoms with E-state index in [4.69, 9.17) is 10.2 Å². The van der Waals surface area contributed by atoms with E-state index in [1.54, 1.807) is 12.1 Å². The van der Waals surface area contributed by atoms with Crippen molar-refractivity contribution in [1.82, 2.24) is 0 Å². The van der Waals surface area contributed by atoms with E-state index >= 15 is 0 Å². The third kappa shape index (κ3) is 4.79. The molecular weight excluding hydrogens is 264 g/mol. The quantitative estimate of drug-likeness (QED) is 0.654. The van der Waals surface area contributed by atoms with Crippen molar-refractivity contribution < 1.29 is 19.8 Å². The van der Waals surface area contributed by atoms with Crippen LogP contribution in [0.15, 0.2) is 40.1 Å². The summed E-state index contributed by atoms with van der Waals surface area (Å²) >= 11 is 0.925. The molecule has 4 nitrogen and oxygen atoms in total. The normalized spacial score (nSPS) is 12.3. The number of carboxylic acids is 2. The SMILES string of the molecule is CC(C)(C)c1ccc(S/C(=C/C(=O)O)C(=O)O)cc1. The minimum Gasteiger partial charge on any atom is -0.478 e. The van der Waals surface area contributed by atoms with E-state index in [2.05, 4.69) is 20.8 Å². The summed E-state index contributed by atoms with van der Waals surface area (Å²) in [5.41, 5.74) is 1.16. The summed E-state index contributed by atoms with van der Waals surface area (Å²) in [6.45, 7) is 6.26. The Balaban J connectivity index is 2.94. The highest BCUT2D eigenvalue weighted by Crippen LogP contribution is 2.29. The standard InChI is InChI=1S/C14H16O4S/c1-14(2,3)9-4-6-10(7-5-9)19-11(13(17)18)8-12(15)16/h4-8H,1-3H3,(H,15,16)(H,17,18)/b11-8+. The minimum atomic E-state index is -1.27. The molecule has 19 heavy (non-hydrogen) atoms. The fourth-order valence-corrected chi connectivity index (χ4v) is 2.17. The van der Waals surface area contributed by atoms with Gasteiger partial charge in [0.2, 0.25) is 0 Å². The van der Waals surface area contributed by atoms with Crippen LogP contribution in [-0.2, 0) is 15.0 Å². The van der Waals surface area contributed by atoms with E-state index < -0.39 is 11.9 Å². The van der Waals surface area contributed by atoms with E-state index in [-0.39, 0.29) is 10.3 Å². The third-order valence-corrected chi connectivity index (χ3v) is 3.43. The predicted molar refractivity (Wildman–Crippen MR) is 74.4 cm³/mol. The molecule has 0 atom stereocenters. The summed E-state index contributed by atoms with van der Waals surface area (Å²) in [7, 11) is 0. The van der Waals surface area contributed by atoms with Crippen LogP contribution in [0, 0.1) is 0 Å². The fraction of sp³-hybridized carbons (Fsp3) is 0.286. The Morgan fingerprint density at radius 1 is 1.11 bits per heavy atom. The Bertz CT molecular complexity index is 509. The van der Waals surface area contributed by atoms with Crippen LogP contribution in [0.2, 0.25) is 0 Å². The molecule has 2 N–H and O–H groups in total. The van der Waals surface area contributed by atoms with E-state index in [9.17, 15) is 9.59 Å². The summed E-state index contributed by atoms with van der Waals surface area (Å²) in [5, 5.41) is 17.5. The van der Waals surface area contributed by atoms with Crippen molar-refractivity contribution in [2.75, 3.05) is 0 Å². The number of benzene rings is 1. The van der Waals surface area contributed by atoms with Crippen LogP contribution in [0.3, 0.4) is 0 Å². The molecule has 0 radical (unpaired) electrons. The van der Waals surface area contributed by atoms with E-state index in [0.29, 0.717) is 11.0 Å². The van der Waals surface area contributed by atoms with Crippen LogP contribution in [0.25, 0.3) is 0 Å². The lowest BCUT2D eigenvalue weighted by Crippen LogP contribution is -2.10. The molecule has 0 aliphatic carbocycles. The predicted octanol–water partition coefficient (Wildman–Crippen LogP) is 3.13. The van der Waals surface area contributed by atoms with Crippen LogP contribution in [0.4, 0.5) is 0 Å². The summed E-state index contributed by atoms with van der Waals surface area (Å²) in [4.78, 5) is 21.9. The molecule has 0 saturated heterocycles. The van der Waals surface area contributed by atoms with Crippen molar-refractivity contribution in [2.45, 2.75) is 31.1 Å². The Morgan fingerprint density at radius 2 is 1.63 bits per heavy atom. The molecule has 1 aromatic carbocycles. The lowest BCUT2D eigenvalue weighted by Gasteiger charge is -2.19. The second-order valence-corrected chi connectivity index (χ2v) is 6.14. The number of hydrogen-bond donors (Lipinski definition) is 2. The molecule has 0 aliphatic heterocycles. The highest BCUT2D eigenvalue weighted by Gasteiger charge is 2.15. The Kier molecular flexibility index (Phi) is 4.78. The second-order valence-electron chi connectivity index (χ2n) is 5.03. The molecule has 0 bridgehead atoms. The van der Waals surface area contributed by atoms with Crippen LogP contribution >= 0.6 is 11.8 Å². The van der Waals surface area contributed by atoms with Gasteiger partial charge in [-0.3, -0.25) is 0 Å². The molecule has 1 rings (SSSR count). The van der Waals surface area contributed by atoms with Gasteiger partial charge in [0.15, 0.2) is 0 Å². The first-order valence-corrected chi connectivity index (χ1v) is 6.48. The van der Waals surface area contributed by atoms with Crippen molar-refractivity contribution in [3.05, 3.63) is 40.8 Å². The molecule has 0 aromatic heterocycles. The lowest BCUT2D eigenvalue weighted by atomic mass is 9.87. The van der Waals surface area contributed by atoms with Gasteiger partial charge in [0, 0.05) is 11.0 Å². The van der Waals surface area contributed by atoms with Crippen LogP contribution < -0.4 is 0 Å². The Morgan fingerprint density at radius 3 is 2.00 bits per heavy atom. The molecule has 0 fully saturated rings. The number of thioether (sulfide) groups is 1. The number of rotatable bonds is 4. The molecule has 0 saturated carbocycles. The van der Waals surface area contributed by atoms with Gasteiger partial charge in [-0.1, -0.05) is 44.7 Å². The third-order valence-electron chi connectivity index (χ3n) is 2.41. The second kappa shape index (κ2) is 5.93. The zero-order valence-corrected chi connectivity index (χ0v) is 11.8. The number of aliphatic carboxylic acids is 2. The molecule has 0 unspecified atom stereocenters. The molecule has 0 aliphatic rings. The van der Waals surface area contributed by atoms with Gasteiger partial charge >= 0.3 is 11.9 Å². The molecule has 0 spiro atoms. The zero-order chi connectivity index (χ0) is 14.6.